The Balaban J connectivity index is 1.29. The summed E-state index contributed by atoms with van der Waals surface area (Å²) >= 11 is 0. The van der Waals surface area contributed by atoms with E-state index in [2.05, 4.69) is 54.4 Å². The highest BCUT2D eigenvalue weighted by Gasteiger charge is 2.40. The summed E-state index contributed by atoms with van der Waals surface area (Å²) in [6.45, 7) is 10.2. The molecule has 0 atom stereocenters. The number of amides is 2. The van der Waals surface area contributed by atoms with E-state index in [9.17, 15) is 4.79 Å². The van der Waals surface area contributed by atoms with Crippen LogP contribution in [-0.4, -0.2) is 48.1 Å². The standard InChI is InChI=1S/C24H32N4O/c1-18-9-10-21-22(25-18)24(2,3)17-28(21)23(29)26-20-12-15-27(16-13-20)14-11-19-7-5-4-6-8-19/h4-10,20H,11-17H2,1-3H3,(H,26,29). The molecule has 0 bridgehead atoms. The quantitative estimate of drug-likeness (QED) is 0.858. The first-order valence-electron chi connectivity index (χ1n) is 10.7. The van der Waals surface area contributed by atoms with Gasteiger partial charge in [-0.15, -0.1) is 0 Å². The van der Waals surface area contributed by atoms with Crippen molar-refractivity contribution < 1.29 is 4.79 Å². The van der Waals surface area contributed by atoms with Crippen molar-refractivity contribution in [1.29, 1.82) is 0 Å². The summed E-state index contributed by atoms with van der Waals surface area (Å²) in [6.07, 6.45) is 3.11. The third-order valence-corrected chi connectivity index (χ3v) is 6.22. The second-order valence-electron chi connectivity index (χ2n) is 9.09. The van der Waals surface area contributed by atoms with Crippen LogP contribution in [0.5, 0.6) is 0 Å². The molecule has 2 aliphatic heterocycles. The Labute approximate surface area is 174 Å². The van der Waals surface area contributed by atoms with Crippen LogP contribution in [0, 0.1) is 6.92 Å². The smallest absolute Gasteiger partial charge is 0.322 e. The molecule has 0 saturated carbocycles. The van der Waals surface area contributed by atoms with E-state index in [1.165, 1.54) is 5.56 Å². The molecule has 1 saturated heterocycles. The van der Waals surface area contributed by atoms with E-state index in [1.54, 1.807) is 0 Å². The molecule has 0 spiro atoms. The Morgan fingerprint density at radius 1 is 1.14 bits per heavy atom. The molecule has 1 N–H and O–H groups in total. The highest BCUT2D eigenvalue weighted by molar-refractivity contribution is 5.94. The molecule has 5 heteroatoms. The van der Waals surface area contributed by atoms with Crippen LogP contribution in [0.4, 0.5) is 10.5 Å². The minimum absolute atomic E-state index is 0.0187. The summed E-state index contributed by atoms with van der Waals surface area (Å²) in [5, 5.41) is 3.28. The average molecular weight is 393 g/mol. The van der Waals surface area contributed by atoms with Crippen molar-refractivity contribution >= 4 is 11.7 Å². The molecule has 1 aromatic heterocycles. The van der Waals surface area contributed by atoms with Gasteiger partial charge in [-0.25, -0.2) is 4.79 Å². The van der Waals surface area contributed by atoms with Gasteiger partial charge < -0.3 is 10.2 Å². The molecule has 154 valence electrons. The van der Waals surface area contributed by atoms with Gasteiger partial charge in [0, 0.05) is 43.3 Å². The van der Waals surface area contributed by atoms with E-state index >= 15 is 0 Å². The fourth-order valence-electron chi connectivity index (χ4n) is 4.49. The van der Waals surface area contributed by atoms with Crippen molar-refractivity contribution in [3.05, 3.63) is 59.4 Å². The predicted molar refractivity (Wildman–Crippen MR) is 117 cm³/mol. The van der Waals surface area contributed by atoms with Crippen molar-refractivity contribution in [3.63, 3.8) is 0 Å². The summed E-state index contributed by atoms with van der Waals surface area (Å²) in [5.41, 5.74) is 4.27. The number of urea groups is 1. The Kier molecular flexibility index (Phi) is 5.59. The molecule has 3 heterocycles. The first kappa shape index (κ1) is 19.9. The number of hydrogen-bond donors (Lipinski definition) is 1. The second kappa shape index (κ2) is 8.15. The summed E-state index contributed by atoms with van der Waals surface area (Å²) in [4.78, 5) is 22.1. The molecular weight excluding hydrogens is 360 g/mol. The van der Waals surface area contributed by atoms with Gasteiger partial charge in [0.05, 0.1) is 11.4 Å². The van der Waals surface area contributed by atoms with Crippen LogP contribution < -0.4 is 10.2 Å². The van der Waals surface area contributed by atoms with Gasteiger partial charge in [-0.05, 0) is 43.9 Å². The number of hydrogen-bond acceptors (Lipinski definition) is 3. The zero-order valence-corrected chi connectivity index (χ0v) is 17.8. The van der Waals surface area contributed by atoms with Crippen LogP contribution in [-0.2, 0) is 11.8 Å². The monoisotopic (exact) mass is 392 g/mol. The van der Waals surface area contributed by atoms with Crippen LogP contribution in [0.1, 0.15) is 43.6 Å². The van der Waals surface area contributed by atoms with Gasteiger partial charge in [0.25, 0.3) is 0 Å². The molecular formula is C24H32N4O. The molecule has 2 aromatic rings. The van der Waals surface area contributed by atoms with E-state index in [0.717, 1.165) is 56.0 Å². The lowest BCUT2D eigenvalue weighted by molar-refractivity contribution is 0.195. The number of likely N-dealkylation sites (tertiary alicyclic amines) is 1. The van der Waals surface area contributed by atoms with E-state index in [4.69, 9.17) is 4.98 Å². The van der Waals surface area contributed by atoms with Gasteiger partial charge in [-0.2, -0.15) is 0 Å². The van der Waals surface area contributed by atoms with Crippen molar-refractivity contribution in [1.82, 2.24) is 15.2 Å². The zero-order chi connectivity index (χ0) is 20.4. The van der Waals surface area contributed by atoms with Gasteiger partial charge in [0.2, 0.25) is 0 Å². The van der Waals surface area contributed by atoms with Crippen LogP contribution in [0.15, 0.2) is 42.5 Å². The maximum atomic E-state index is 13.0. The number of aryl methyl sites for hydroxylation is 1. The van der Waals surface area contributed by atoms with Gasteiger partial charge in [-0.3, -0.25) is 9.88 Å². The fourth-order valence-corrected chi connectivity index (χ4v) is 4.49. The fraction of sp³-hybridized carbons (Fsp3) is 0.500. The number of carbonyl (C=O) groups excluding carboxylic acids is 1. The van der Waals surface area contributed by atoms with E-state index in [0.29, 0.717) is 6.54 Å². The Morgan fingerprint density at radius 2 is 1.86 bits per heavy atom. The number of rotatable bonds is 4. The summed E-state index contributed by atoms with van der Waals surface area (Å²) in [6, 6.07) is 15.0. The van der Waals surface area contributed by atoms with Crippen LogP contribution in [0.2, 0.25) is 0 Å². The SMILES string of the molecule is Cc1ccc2c(n1)C(C)(C)CN2C(=O)NC1CCN(CCc2ccccc2)CC1. The molecule has 4 rings (SSSR count). The number of nitrogens with zero attached hydrogens (tertiary/aromatic N) is 3. The largest absolute Gasteiger partial charge is 0.335 e. The minimum atomic E-state index is -0.112. The Morgan fingerprint density at radius 3 is 2.59 bits per heavy atom. The summed E-state index contributed by atoms with van der Waals surface area (Å²) in [5.74, 6) is 0. The van der Waals surface area contributed by atoms with Gasteiger partial charge in [-0.1, -0.05) is 44.2 Å². The number of piperidine rings is 1. The first-order valence-corrected chi connectivity index (χ1v) is 10.7. The molecule has 0 aliphatic carbocycles. The van der Waals surface area contributed by atoms with Crippen LogP contribution >= 0.6 is 0 Å². The van der Waals surface area contributed by atoms with Crippen molar-refractivity contribution in [3.8, 4) is 0 Å². The van der Waals surface area contributed by atoms with E-state index < -0.39 is 0 Å². The Hall–Kier alpha value is -2.40. The molecule has 1 fully saturated rings. The molecule has 29 heavy (non-hydrogen) atoms. The van der Waals surface area contributed by atoms with Crippen molar-refractivity contribution in [2.24, 2.45) is 0 Å². The highest BCUT2D eigenvalue weighted by atomic mass is 16.2. The third kappa shape index (κ3) is 4.45. The number of pyridine rings is 1. The van der Waals surface area contributed by atoms with Gasteiger partial charge in [0.1, 0.15) is 0 Å². The van der Waals surface area contributed by atoms with E-state index in [-0.39, 0.29) is 17.5 Å². The van der Waals surface area contributed by atoms with Gasteiger partial charge in [0.15, 0.2) is 0 Å². The highest BCUT2D eigenvalue weighted by Crippen LogP contribution is 2.39. The number of fused-ring (bicyclic) bond motifs is 1. The lowest BCUT2D eigenvalue weighted by Crippen LogP contribution is -2.50. The molecule has 1 aromatic carbocycles. The number of anilines is 1. The number of aromatic nitrogens is 1. The molecule has 2 amide bonds. The number of carbonyl (C=O) groups is 1. The van der Waals surface area contributed by atoms with Crippen molar-refractivity contribution in [2.45, 2.75) is 51.5 Å². The summed E-state index contributed by atoms with van der Waals surface area (Å²) < 4.78 is 0. The molecule has 5 nitrogen and oxygen atoms in total. The number of nitrogens with one attached hydrogen (secondary N) is 1. The Bertz CT molecular complexity index is 856. The molecule has 0 radical (unpaired) electrons. The average Bonchev–Trinajstić information content (AvgIpc) is 2.99. The van der Waals surface area contributed by atoms with Crippen LogP contribution in [0.25, 0.3) is 0 Å². The molecule has 0 unspecified atom stereocenters. The minimum Gasteiger partial charge on any atom is -0.335 e. The lowest BCUT2D eigenvalue weighted by atomic mass is 9.91. The van der Waals surface area contributed by atoms with E-state index in [1.807, 2.05) is 24.0 Å². The topological polar surface area (TPSA) is 48.5 Å². The maximum Gasteiger partial charge on any atom is 0.322 e. The third-order valence-electron chi connectivity index (χ3n) is 6.22. The number of benzene rings is 1. The zero-order valence-electron chi connectivity index (χ0n) is 17.8. The van der Waals surface area contributed by atoms with Crippen LogP contribution in [0.3, 0.4) is 0 Å². The summed E-state index contributed by atoms with van der Waals surface area (Å²) in [7, 11) is 0. The predicted octanol–water partition coefficient (Wildman–Crippen LogP) is 3.90. The second-order valence-corrected chi connectivity index (χ2v) is 9.09. The first-order chi connectivity index (χ1) is 13.9. The normalized spacial score (nSPS) is 19.2. The lowest BCUT2D eigenvalue weighted by Gasteiger charge is -2.33. The van der Waals surface area contributed by atoms with Crippen molar-refractivity contribution in [2.75, 3.05) is 31.1 Å². The van der Waals surface area contributed by atoms with Gasteiger partial charge >= 0.3 is 6.03 Å². The maximum absolute atomic E-state index is 13.0. The molecule has 2 aliphatic rings.